The molecule has 0 bridgehead atoms. The Morgan fingerprint density at radius 2 is 2.00 bits per heavy atom. The molecule has 0 spiro atoms. The summed E-state index contributed by atoms with van der Waals surface area (Å²) in [5, 5.41) is 0. The average molecular weight is 287 g/mol. The van der Waals surface area contributed by atoms with Crippen LogP contribution in [0, 0.1) is 6.92 Å². The first-order valence-electron chi connectivity index (χ1n) is 5.26. The molecule has 1 aromatic heterocycles. The number of aryl methyl sites for hydroxylation is 1. The quantitative estimate of drug-likeness (QED) is 0.851. The molecule has 4 heteroatoms. The Morgan fingerprint density at radius 3 is 2.50 bits per heavy atom. The lowest BCUT2D eigenvalue weighted by molar-refractivity contribution is 0.111. The molecule has 0 fully saturated rings. The Balaban J connectivity index is 2.65. The molecule has 16 heavy (non-hydrogen) atoms. The largest absolute Gasteiger partial charge is 0.476 e. The molecule has 0 atom stereocenters. The fourth-order valence-corrected chi connectivity index (χ4v) is 1.20. The number of pyridine rings is 1. The van der Waals surface area contributed by atoms with Gasteiger partial charge in [0.05, 0.1) is 5.69 Å². The predicted molar refractivity (Wildman–Crippen MR) is 69.9 cm³/mol. The number of hydrogen-bond acceptors (Lipinski definition) is 3. The van der Waals surface area contributed by atoms with Crippen LogP contribution in [-0.4, -0.2) is 36.1 Å². The standard InChI is InChI=1S/C12H19BrN2O/c1-9-10(13)6-7-11(14-9)16-8-12(2,3)15(4)5/h6-7H,8H2,1-5H3. The summed E-state index contributed by atoms with van der Waals surface area (Å²) in [4.78, 5) is 6.49. The fourth-order valence-electron chi connectivity index (χ4n) is 0.981. The van der Waals surface area contributed by atoms with Gasteiger partial charge in [-0.15, -0.1) is 0 Å². The van der Waals surface area contributed by atoms with E-state index in [9.17, 15) is 0 Å². The highest BCUT2D eigenvalue weighted by Crippen LogP contribution is 2.19. The van der Waals surface area contributed by atoms with Crippen LogP contribution in [0.1, 0.15) is 19.5 Å². The lowest BCUT2D eigenvalue weighted by atomic mass is 10.1. The van der Waals surface area contributed by atoms with E-state index in [0.717, 1.165) is 10.2 Å². The molecule has 1 heterocycles. The van der Waals surface area contributed by atoms with E-state index < -0.39 is 0 Å². The van der Waals surface area contributed by atoms with Crippen LogP contribution in [0.2, 0.25) is 0 Å². The minimum Gasteiger partial charge on any atom is -0.476 e. The second kappa shape index (κ2) is 5.15. The minimum atomic E-state index is 0.00264. The molecule has 0 radical (unpaired) electrons. The summed E-state index contributed by atoms with van der Waals surface area (Å²) in [6.07, 6.45) is 0. The van der Waals surface area contributed by atoms with Gasteiger partial charge in [0.25, 0.3) is 0 Å². The van der Waals surface area contributed by atoms with Crippen molar-refractivity contribution in [1.82, 2.24) is 9.88 Å². The van der Waals surface area contributed by atoms with E-state index in [-0.39, 0.29) is 5.54 Å². The molecular formula is C12H19BrN2O. The monoisotopic (exact) mass is 286 g/mol. The minimum absolute atomic E-state index is 0.00264. The highest BCUT2D eigenvalue weighted by molar-refractivity contribution is 9.10. The molecule has 0 aliphatic carbocycles. The first-order valence-corrected chi connectivity index (χ1v) is 6.05. The van der Waals surface area contributed by atoms with Crippen molar-refractivity contribution < 1.29 is 4.74 Å². The van der Waals surface area contributed by atoms with Gasteiger partial charge in [-0.25, -0.2) is 4.98 Å². The zero-order chi connectivity index (χ0) is 12.3. The maximum atomic E-state index is 5.69. The Kier molecular flexibility index (Phi) is 4.33. The Bertz CT molecular complexity index is 364. The lowest BCUT2D eigenvalue weighted by Crippen LogP contribution is -2.43. The van der Waals surface area contributed by atoms with Gasteiger partial charge in [-0.1, -0.05) is 0 Å². The van der Waals surface area contributed by atoms with E-state index in [1.54, 1.807) is 0 Å². The van der Waals surface area contributed by atoms with Crippen molar-refractivity contribution >= 4 is 15.9 Å². The van der Waals surface area contributed by atoms with Gasteiger partial charge in [-0.05, 0) is 56.9 Å². The van der Waals surface area contributed by atoms with Crippen molar-refractivity contribution in [2.24, 2.45) is 0 Å². The van der Waals surface area contributed by atoms with Crippen molar-refractivity contribution in [3.63, 3.8) is 0 Å². The van der Waals surface area contributed by atoms with E-state index in [0.29, 0.717) is 12.5 Å². The SMILES string of the molecule is Cc1nc(OCC(C)(C)N(C)C)ccc1Br. The van der Waals surface area contributed by atoms with Gasteiger partial charge in [0.1, 0.15) is 6.61 Å². The summed E-state index contributed by atoms with van der Waals surface area (Å²) >= 11 is 3.42. The Morgan fingerprint density at radius 1 is 1.38 bits per heavy atom. The first kappa shape index (κ1) is 13.5. The molecule has 3 nitrogen and oxygen atoms in total. The van der Waals surface area contributed by atoms with E-state index >= 15 is 0 Å². The molecule has 0 saturated heterocycles. The molecule has 0 aromatic carbocycles. The number of aromatic nitrogens is 1. The first-order chi connectivity index (χ1) is 7.33. The molecule has 0 aliphatic heterocycles. The van der Waals surface area contributed by atoms with E-state index in [2.05, 4.69) is 39.7 Å². The van der Waals surface area contributed by atoms with Crippen LogP contribution >= 0.6 is 15.9 Å². The van der Waals surface area contributed by atoms with Crippen LogP contribution in [0.15, 0.2) is 16.6 Å². The van der Waals surface area contributed by atoms with Crippen LogP contribution in [0.5, 0.6) is 5.88 Å². The van der Waals surface area contributed by atoms with Crippen LogP contribution < -0.4 is 4.74 Å². The average Bonchev–Trinajstić information content (AvgIpc) is 2.20. The summed E-state index contributed by atoms with van der Waals surface area (Å²) < 4.78 is 6.70. The Hall–Kier alpha value is -0.610. The summed E-state index contributed by atoms with van der Waals surface area (Å²) in [5.41, 5.74) is 0.947. The Labute approximate surface area is 106 Å². The fraction of sp³-hybridized carbons (Fsp3) is 0.583. The van der Waals surface area contributed by atoms with Crippen molar-refractivity contribution in [3.8, 4) is 5.88 Å². The van der Waals surface area contributed by atoms with Crippen LogP contribution in [0.4, 0.5) is 0 Å². The van der Waals surface area contributed by atoms with Gasteiger partial charge >= 0.3 is 0 Å². The second-order valence-electron chi connectivity index (χ2n) is 4.71. The zero-order valence-corrected chi connectivity index (χ0v) is 12.1. The molecule has 1 aromatic rings. The summed E-state index contributed by atoms with van der Waals surface area (Å²) in [5.74, 6) is 0.677. The van der Waals surface area contributed by atoms with Gasteiger partial charge < -0.3 is 9.64 Å². The van der Waals surface area contributed by atoms with Gasteiger partial charge in [0.2, 0.25) is 5.88 Å². The molecular weight excluding hydrogens is 268 g/mol. The molecule has 0 amide bonds. The van der Waals surface area contributed by atoms with Crippen molar-refractivity contribution in [1.29, 1.82) is 0 Å². The molecule has 0 aliphatic rings. The van der Waals surface area contributed by atoms with Crippen LogP contribution in [0.25, 0.3) is 0 Å². The van der Waals surface area contributed by atoms with Gasteiger partial charge in [0, 0.05) is 16.1 Å². The lowest BCUT2D eigenvalue weighted by Gasteiger charge is -2.31. The van der Waals surface area contributed by atoms with Crippen molar-refractivity contribution in [2.75, 3.05) is 20.7 Å². The number of nitrogens with zero attached hydrogens (tertiary/aromatic N) is 2. The number of halogens is 1. The summed E-state index contributed by atoms with van der Waals surface area (Å²) in [6.45, 7) is 6.85. The molecule has 0 unspecified atom stereocenters. The topological polar surface area (TPSA) is 25.4 Å². The highest BCUT2D eigenvalue weighted by Gasteiger charge is 2.21. The van der Waals surface area contributed by atoms with Crippen LogP contribution in [0.3, 0.4) is 0 Å². The third-order valence-corrected chi connectivity index (χ3v) is 3.62. The second-order valence-corrected chi connectivity index (χ2v) is 5.57. The number of rotatable bonds is 4. The predicted octanol–water partition coefficient (Wildman–Crippen LogP) is 2.87. The van der Waals surface area contributed by atoms with Gasteiger partial charge in [-0.2, -0.15) is 0 Å². The highest BCUT2D eigenvalue weighted by atomic mass is 79.9. The van der Waals surface area contributed by atoms with Crippen molar-refractivity contribution in [2.45, 2.75) is 26.3 Å². The maximum Gasteiger partial charge on any atom is 0.213 e. The molecule has 1 rings (SSSR count). The van der Waals surface area contributed by atoms with E-state index in [1.165, 1.54) is 0 Å². The van der Waals surface area contributed by atoms with Gasteiger partial charge in [0.15, 0.2) is 0 Å². The zero-order valence-electron chi connectivity index (χ0n) is 10.5. The molecule has 90 valence electrons. The normalized spacial score (nSPS) is 11.9. The number of hydrogen-bond donors (Lipinski definition) is 0. The van der Waals surface area contributed by atoms with Crippen molar-refractivity contribution in [3.05, 3.63) is 22.3 Å². The smallest absolute Gasteiger partial charge is 0.213 e. The maximum absolute atomic E-state index is 5.69. The molecule has 0 N–H and O–H groups in total. The third kappa shape index (κ3) is 3.46. The van der Waals surface area contributed by atoms with E-state index in [1.807, 2.05) is 33.2 Å². The van der Waals surface area contributed by atoms with E-state index in [4.69, 9.17) is 4.74 Å². The third-order valence-electron chi connectivity index (χ3n) is 2.78. The number of ether oxygens (including phenoxy) is 1. The molecule has 0 saturated carbocycles. The summed E-state index contributed by atoms with van der Waals surface area (Å²) in [6, 6.07) is 3.84. The van der Waals surface area contributed by atoms with Gasteiger partial charge in [-0.3, -0.25) is 0 Å². The summed E-state index contributed by atoms with van der Waals surface area (Å²) in [7, 11) is 4.09. The van der Waals surface area contributed by atoms with Crippen LogP contribution in [-0.2, 0) is 0 Å². The number of likely N-dealkylation sites (N-methyl/N-ethyl adjacent to an activating group) is 1.